The predicted octanol–water partition coefficient (Wildman–Crippen LogP) is 2.62. The van der Waals surface area contributed by atoms with E-state index in [1.807, 2.05) is 25.0 Å². The molecule has 0 aliphatic rings. The number of benzene rings is 1. The van der Waals surface area contributed by atoms with E-state index in [0.29, 0.717) is 0 Å². The van der Waals surface area contributed by atoms with E-state index < -0.39 is 0 Å². The van der Waals surface area contributed by atoms with Gasteiger partial charge in [0.2, 0.25) is 0 Å². The Labute approximate surface area is 145 Å². The van der Waals surface area contributed by atoms with Crippen LogP contribution < -0.4 is 5.32 Å². The van der Waals surface area contributed by atoms with Crippen LogP contribution in [0.25, 0.3) is 0 Å². The van der Waals surface area contributed by atoms with Gasteiger partial charge in [-0.15, -0.1) is 0 Å². The molecule has 2 aromatic rings. The highest BCUT2D eigenvalue weighted by Crippen LogP contribution is 2.07. The largest absolute Gasteiger partial charge is 0.356 e. The number of nitrogens with zero attached hydrogens (tertiary/aromatic N) is 4. The molecule has 0 bridgehead atoms. The van der Waals surface area contributed by atoms with E-state index in [1.165, 1.54) is 16.7 Å². The van der Waals surface area contributed by atoms with Crippen molar-refractivity contribution in [3.8, 4) is 0 Å². The average Bonchev–Trinajstić information content (AvgIpc) is 3.01. The van der Waals surface area contributed by atoms with Crippen LogP contribution in [-0.4, -0.2) is 41.3 Å². The second kappa shape index (κ2) is 9.11. The van der Waals surface area contributed by atoms with Gasteiger partial charge in [-0.05, 0) is 36.0 Å². The Bertz CT molecular complexity index is 642. The van der Waals surface area contributed by atoms with Crippen LogP contribution in [-0.2, 0) is 26.4 Å². The minimum atomic E-state index is 0.853. The van der Waals surface area contributed by atoms with Crippen LogP contribution >= 0.6 is 0 Å². The number of nitrogens with one attached hydrogen (secondary N) is 1. The van der Waals surface area contributed by atoms with Crippen LogP contribution in [0.2, 0.25) is 0 Å². The maximum absolute atomic E-state index is 4.38. The number of aromatic nitrogens is 2. The second-order valence-electron chi connectivity index (χ2n) is 6.13. The summed E-state index contributed by atoms with van der Waals surface area (Å²) < 4.78 is 1.85. The number of hydrogen-bond donors (Lipinski definition) is 1. The Balaban J connectivity index is 1.77. The van der Waals surface area contributed by atoms with Gasteiger partial charge in [-0.3, -0.25) is 9.67 Å². The molecule has 0 amide bonds. The zero-order valence-electron chi connectivity index (χ0n) is 15.3. The van der Waals surface area contributed by atoms with Crippen molar-refractivity contribution in [2.75, 3.05) is 20.6 Å². The first-order valence-corrected chi connectivity index (χ1v) is 8.59. The van der Waals surface area contributed by atoms with Gasteiger partial charge in [0.25, 0.3) is 0 Å². The van der Waals surface area contributed by atoms with Gasteiger partial charge in [-0.1, -0.05) is 31.2 Å². The lowest BCUT2D eigenvalue weighted by Gasteiger charge is -2.22. The predicted molar refractivity (Wildman–Crippen MR) is 100 cm³/mol. The third-order valence-electron chi connectivity index (χ3n) is 4.11. The van der Waals surface area contributed by atoms with Crippen LogP contribution in [0.15, 0.2) is 41.7 Å². The first kappa shape index (κ1) is 18.0. The number of rotatable bonds is 7. The van der Waals surface area contributed by atoms with E-state index in [4.69, 9.17) is 0 Å². The summed E-state index contributed by atoms with van der Waals surface area (Å²) in [6, 6.07) is 8.80. The molecule has 5 nitrogen and oxygen atoms in total. The van der Waals surface area contributed by atoms with E-state index in [9.17, 15) is 0 Å². The van der Waals surface area contributed by atoms with Crippen molar-refractivity contribution in [2.45, 2.75) is 32.7 Å². The van der Waals surface area contributed by atoms with E-state index >= 15 is 0 Å². The highest BCUT2D eigenvalue weighted by molar-refractivity contribution is 5.79. The number of aryl methyl sites for hydroxylation is 3. The summed E-state index contributed by atoms with van der Waals surface area (Å²) in [5.41, 5.74) is 3.95. The molecular weight excluding hydrogens is 298 g/mol. The molecule has 1 heterocycles. The first-order chi connectivity index (χ1) is 11.6. The molecule has 5 heteroatoms. The van der Waals surface area contributed by atoms with Crippen LogP contribution in [0.1, 0.15) is 30.0 Å². The summed E-state index contributed by atoms with van der Waals surface area (Å²) >= 11 is 0. The quantitative estimate of drug-likeness (QED) is 0.483. The number of aliphatic imine (C=N–C) groups is 1. The van der Waals surface area contributed by atoms with Crippen molar-refractivity contribution in [1.82, 2.24) is 20.0 Å². The molecule has 0 spiro atoms. The first-order valence-electron chi connectivity index (χ1n) is 8.59. The molecule has 0 fully saturated rings. The van der Waals surface area contributed by atoms with Crippen molar-refractivity contribution >= 4 is 5.96 Å². The van der Waals surface area contributed by atoms with Gasteiger partial charge < -0.3 is 10.2 Å². The Morgan fingerprint density at radius 3 is 2.50 bits per heavy atom. The fourth-order valence-corrected chi connectivity index (χ4v) is 2.71. The molecule has 24 heavy (non-hydrogen) atoms. The topological polar surface area (TPSA) is 45.4 Å². The van der Waals surface area contributed by atoms with Gasteiger partial charge >= 0.3 is 0 Å². The molecule has 0 saturated heterocycles. The van der Waals surface area contributed by atoms with Gasteiger partial charge in [0.1, 0.15) is 0 Å². The average molecular weight is 327 g/mol. The Kier molecular flexibility index (Phi) is 6.85. The van der Waals surface area contributed by atoms with Crippen molar-refractivity contribution in [2.24, 2.45) is 12.0 Å². The maximum atomic E-state index is 4.38. The summed E-state index contributed by atoms with van der Waals surface area (Å²) in [5, 5.41) is 7.64. The third-order valence-corrected chi connectivity index (χ3v) is 4.11. The van der Waals surface area contributed by atoms with Crippen LogP contribution in [0.3, 0.4) is 0 Å². The van der Waals surface area contributed by atoms with Crippen LogP contribution in [0.4, 0.5) is 0 Å². The molecule has 0 radical (unpaired) electrons. The highest BCUT2D eigenvalue weighted by Gasteiger charge is 2.06. The van der Waals surface area contributed by atoms with Crippen LogP contribution in [0.5, 0.6) is 0 Å². The Morgan fingerprint density at radius 2 is 1.92 bits per heavy atom. The SMILES string of the molecule is CCc1ccc(CN(C)C(=NC)NCCCc2cnn(C)c2)cc1. The Hall–Kier alpha value is -2.30. The van der Waals surface area contributed by atoms with Gasteiger partial charge in [0.05, 0.1) is 6.20 Å². The van der Waals surface area contributed by atoms with E-state index in [1.54, 1.807) is 0 Å². The lowest BCUT2D eigenvalue weighted by Crippen LogP contribution is -2.39. The van der Waals surface area contributed by atoms with Gasteiger partial charge in [0, 0.05) is 40.4 Å². The van der Waals surface area contributed by atoms with Crippen LogP contribution in [0, 0.1) is 0 Å². The fourth-order valence-electron chi connectivity index (χ4n) is 2.71. The summed E-state index contributed by atoms with van der Waals surface area (Å²) in [6.07, 6.45) is 7.17. The van der Waals surface area contributed by atoms with Crippen molar-refractivity contribution in [3.05, 3.63) is 53.3 Å². The standard InChI is InChI=1S/C19H29N5/c1-5-16-8-10-17(11-9-16)14-23(3)19(20-2)21-12-6-7-18-13-22-24(4)15-18/h8-11,13,15H,5-7,12,14H2,1-4H3,(H,20,21). The minimum Gasteiger partial charge on any atom is -0.356 e. The van der Waals surface area contributed by atoms with Crippen molar-refractivity contribution < 1.29 is 0 Å². The molecule has 1 N–H and O–H groups in total. The minimum absolute atomic E-state index is 0.853. The normalized spacial score (nSPS) is 11.6. The molecule has 2 rings (SSSR count). The summed E-state index contributed by atoms with van der Waals surface area (Å²) in [6.45, 7) is 3.94. The van der Waals surface area contributed by atoms with E-state index in [2.05, 4.69) is 64.7 Å². The third kappa shape index (κ3) is 5.41. The lowest BCUT2D eigenvalue weighted by molar-refractivity contribution is 0.476. The summed E-state index contributed by atoms with van der Waals surface area (Å²) in [4.78, 5) is 6.54. The second-order valence-corrected chi connectivity index (χ2v) is 6.13. The monoisotopic (exact) mass is 327 g/mol. The zero-order valence-corrected chi connectivity index (χ0v) is 15.3. The Morgan fingerprint density at radius 1 is 1.21 bits per heavy atom. The van der Waals surface area contributed by atoms with E-state index in [-0.39, 0.29) is 0 Å². The molecule has 1 aromatic heterocycles. The number of guanidine groups is 1. The lowest BCUT2D eigenvalue weighted by atomic mass is 10.1. The van der Waals surface area contributed by atoms with Gasteiger partial charge in [0.15, 0.2) is 5.96 Å². The van der Waals surface area contributed by atoms with Gasteiger partial charge in [-0.25, -0.2) is 0 Å². The van der Waals surface area contributed by atoms with Crippen molar-refractivity contribution in [1.29, 1.82) is 0 Å². The van der Waals surface area contributed by atoms with Gasteiger partial charge in [-0.2, -0.15) is 5.10 Å². The number of hydrogen-bond acceptors (Lipinski definition) is 2. The van der Waals surface area contributed by atoms with E-state index in [0.717, 1.165) is 38.3 Å². The molecule has 1 aromatic carbocycles. The summed E-state index contributed by atoms with van der Waals surface area (Å²) in [5.74, 6) is 0.931. The molecule has 0 atom stereocenters. The molecule has 0 unspecified atom stereocenters. The molecule has 130 valence electrons. The molecule has 0 saturated carbocycles. The zero-order chi connectivity index (χ0) is 17.4. The molecule has 0 aliphatic heterocycles. The van der Waals surface area contributed by atoms with Crippen molar-refractivity contribution in [3.63, 3.8) is 0 Å². The summed E-state index contributed by atoms with van der Waals surface area (Å²) in [7, 11) is 5.86. The highest BCUT2D eigenvalue weighted by atomic mass is 15.3. The fraction of sp³-hybridized carbons (Fsp3) is 0.474. The molecule has 0 aliphatic carbocycles. The molecular formula is C19H29N5. The maximum Gasteiger partial charge on any atom is 0.193 e. The smallest absolute Gasteiger partial charge is 0.193 e.